The van der Waals surface area contributed by atoms with E-state index in [-0.39, 0.29) is 67.7 Å². The molecule has 120 valence electrons. The summed E-state index contributed by atoms with van der Waals surface area (Å²) in [6.07, 6.45) is 13.0. The van der Waals surface area contributed by atoms with Gasteiger partial charge in [0.2, 0.25) is 0 Å². The van der Waals surface area contributed by atoms with Crippen LogP contribution in [0.25, 0.3) is 0 Å². The summed E-state index contributed by atoms with van der Waals surface area (Å²) in [5, 5.41) is 3.03. The standard InChI is InChI=1S/C14H31NO3S.2Na.2H/c1-2-3-4-5-6-7-8-9-10-11-12-15-13-14-19(16,17)18;;;;/h15H,2-14H2,1H3,(H,16,17,18);;;;/q;2*+1;2*-1. The van der Waals surface area contributed by atoms with Crippen LogP contribution in [0.4, 0.5) is 0 Å². The molecular formula is C14H33NNa2O3S. The van der Waals surface area contributed by atoms with Crippen molar-refractivity contribution in [2.45, 2.75) is 71.1 Å². The molecule has 0 fully saturated rings. The maximum atomic E-state index is 10.4. The van der Waals surface area contributed by atoms with Crippen LogP contribution in [0.15, 0.2) is 0 Å². The third kappa shape index (κ3) is 27.0. The van der Waals surface area contributed by atoms with Gasteiger partial charge in [-0.25, -0.2) is 0 Å². The summed E-state index contributed by atoms with van der Waals surface area (Å²) in [6.45, 7) is 3.42. The Kier molecular flexibility index (Phi) is 26.3. The van der Waals surface area contributed by atoms with Crippen molar-refractivity contribution >= 4 is 10.1 Å². The molecule has 0 aromatic rings. The number of nitrogens with one attached hydrogen (secondary N) is 1. The Labute approximate surface area is 178 Å². The Morgan fingerprint density at radius 1 is 0.810 bits per heavy atom. The first kappa shape index (κ1) is 27.7. The molecule has 0 saturated heterocycles. The van der Waals surface area contributed by atoms with E-state index in [2.05, 4.69) is 12.2 Å². The molecule has 0 bridgehead atoms. The predicted octanol–water partition coefficient (Wildman–Crippen LogP) is -2.38. The smallest absolute Gasteiger partial charge is 1.00 e. The van der Waals surface area contributed by atoms with Gasteiger partial charge in [-0.2, -0.15) is 8.42 Å². The average Bonchev–Trinajstić information content (AvgIpc) is 2.34. The summed E-state index contributed by atoms with van der Waals surface area (Å²) in [6, 6.07) is 0. The van der Waals surface area contributed by atoms with Gasteiger partial charge in [-0.1, -0.05) is 64.7 Å². The molecule has 4 nitrogen and oxygen atoms in total. The topological polar surface area (TPSA) is 66.4 Å². The fourth-order valence-corrected chi connectivity index (χ4v) is 2.47. The van der Waals surface area contributed by atoms with Crippen molar-refractivity contribution in [1.82, 2.24) is 5.32 Å². The van der Waals surface area contributed by atoms with Gasteiger partial charge in [-0.05, 0) is 13.0 Å². The van der Waals surface area contributed by atoms with E-state index in [0.29, 0.717) is 6.54 Å². The number of hydrogen-bond donors (Lipinski definition) is 2. The molecule has 0 radical (unpaired) electrons. The van der Waals surface area contributed by atoms with E-state index in [0.717, 1.165) is 13.0 Å². The molecule has 0 aromatic carbocycles. The summed E-state index contributed by atoms with van der Waals surface area (Å²) < 4.78 is 29.4. The minimum absolute atomic E-state index is 0. The van der Waals surface area contributed by atoms with Crippen LogP contribution in [-0.2, 0) is 10.1 Å². The number of hydrogen-bond acceptors (Lipinski definition) is 3. The normalized spacial score (nSPS) is 10.8. The first-order valence-corrected chi connectivity index (χ1v) is 9.33. The SMILES string of the molecule is CCCCCCCCCCCCNCCS(=O)(=O)O.[H-].[H-].[Na+].[Na+]. The minimum Gasteiger partial charge on any atom is -1.00 e. The van der Waals surface area contributed by atoms with Crippen molar-refractivity contribution in [2.24, 2.45) is 0 Å². The van der Waals surface area contributed by atoms with Gasteiger partial charge in [0.25, 0.3) is 10.1 Å². The van der Waals surface area contributed by atoms with Crippen molar-refractivity contribution in [3.05, 3.63) is 0 Å². The molecule has 0 spiro atoms. The molecule has 0 amide bonds. The van der Waals surface area contributed by atoms with Gasteiger partial charge in [-0.15, -0.1) is 0 Å². The van der Waals surface area contributed by atoms with Crippen LogP contribution in [0.2, 0.25) is 0 Å². The Bertz CT molecular complexity index is 298. The second kappa shape index (κ2) is 19.9. The molecule has 0 aromatic heterocycles. The first-order valence-electron chi connectivity index (χ1n) is 7.72. The Hall–Kier alpha value is 1.87. The van der Waals surface area contributed by atoms with Crippen LogP contribution in [0, 0.1) is 0 Å². The van der Waals surface area contributed by atoms with E-state index in [1.165, 1.54) is 57.8 Å². The number of rotatable bonds is 14. The second-order valence-corrected chi connectivity index (χ2v) is 6.79. The molecule has 0 aliphatic carbocycles. The average molecular weight is 341 g/mol. The molecule has 0 atom stereocenters. The van der Waals surface area contributed by atoms with Gasteiger partial charge in [-0.3, -0.25) is 4.55 Å². The predicted molar refractivity (Wildman–Crippen MR) is 83.4 cm³/mol. The maximum absolute atomic E-state index is 10.4. The monoisotopic (exact) mass is 341 g/mol. The van der Waals surface area contributed by atoms with Crippen molar-refractivity contribution in [3.8, 4) is 0 Å². The maximum Gasteiger partial charge on any atom is 1.00 e. The van der Waals surface area contributed by atoms with Crippen molar-refractivity contribution in [1.29, 1.82) is 0 Å². The van der Waals surface area contributed by atoms with E-state index >= 15 is 0 Å². The van der Waals surface area contributed by atoms with Gasteiger partial charge >= 0.3 is 59.1 Å². The summed E-state index contributed by atoms with van der Waals surface area (Å²) >= 11 is 0. The van der Waals surface area contributed by atoms with E-state index in [1.54, 1.807) is 0 Å². The van der Waals surface area contributed by atoms with Gasteiger partial charge < -0.3 is 8.17 Å². The zero-order valence-corrected chi connectivity index (χ0v) is 19.2. The molecule has 0 rings (SSSR count). The molecule has 7 heteroatoms. The van der Waals surface area contributed by atoms with E-state index < -0.39 is 10.1 Å². The quantitative estimate of drug-likeness (QED) is 0.210. The van der Waals surface area contributed by atoms with E-state index in [9.17, 15) is 8.42 Å². The van der Waals surface area contributed by atoms with Gasteiger partial charge in [0.15, 0.2) is 0 Å². The fourth-order valence-electron chi connectivity index (χ4n) is 2.06. The Morgan fingerprint density at radius 2 is 1.24 bits per heavy atom. The molecule has 0 aliphatic heterocycles. The third-order valence-electron chi connectivity index (χ3n) is 3.24. The fraction of sp³-hybridized carbons (Fsp3) is 1.00. The van der Waals surface area contributed by atoms with Crippen LogP contribution in [0.1, 0.15) is 74.0 Å². The van der Waals surface area contributed by atoms with Crippen molar-refractivity contribution < 1.29 is 74.9 Å². The van der Waals surface area contributed by atoms with Gasteiger partial charge in [0.1, 0.15) is 0 Å². The molecule has 21 heavy (non-hydrogen) atoms. The molecule has 0 unspecified atom stereocenters. The van der Waals surface area contributed by atoms with Crippen LogP contribution in [0.3, 0.4) is 0 Å². The van der Waals surface area contributed by atoms with Crippen LogP contribution < -0.4 is 64.4 Å². The van der Waals surface area contributed by atoms with Crippen LogP contribution in [0.5, 0.6) is 0 Å². The van der Waals surface area contributed by atoms with Gasteiger partial charge in [0.05, 0.1) is 5.75 Å². The van der Waals surface area contributed by atoms with Crippen LogP contribution in [-0.4, -0.2) is 31.8 Å². The second-order valence-electron chi connectivity index (χ2n) is 5.22. The summed E-state index contributed by atoms with van der Waals surface area (Å²) in [5.41, 5.74) is 0. The van der Waals surface area contributed by atoms with Crippen molar-refractivity contribution in [2.75, 3.05) is 18.8 Å². The zero-order valence-electron chi connectivity index (χ0n) is 16.4. The molecule has 2 N–H and O–H groups in total. The van der Waals surface area contributed by atoms with Crippen molar-refractivity contribution in [3.63, 3.8) is 0 Å². The molecule has 0 aliphatic rings. The largest absolute Gasteiger partial charge is 1.00 e. The van der Waals surface area contributed by atoms with E-state index in [1.807, 2.05) is 0 Å². The molecular weight excluding hydrogens is 308 g/mol. The summed E-state index contributed by atoms with van der Waals surface area (Å²) in [7, 11) is -3.80. The van der Waals surface area contributed by atoms with E-state index in [4.69, 9.17) is 4.55 Å². The number of unbranched alkanes of at least 4 members (excludes halogenated alkanes) is 9. The van der Waals surface area contributed by atoms with Crippen LogP contribution >= 0.6 is 0 Å². The minimum atomic E-state index is -3.80. The van der Waals surface area contributed by atoms with Gasteiger partial charge in [0, 0.05) is 6.54 Å². The summed E-state index contributed by atoms with van der Waals surface area (Å²) in [5.74, 6) is -0.190. The Morgan fingerprint density at radius 3 is 1.67 bits per heavy atom. The zero-order chi connectivity index (χ0) is 14.4. The Balaban J connectivity index is -0.000000270. The first-order chi connectivity index (χ1) is 9.06. The molecule has 0 heterocycles. The molecule has 0 saturated carbocycles. The third-order valence-corrected chi connectivity index (χ3v) is 3.96. The summed E-state index contributed by atoms with van der Waals surface area (Å²) in [4.78, 5) is 0.